The Morgan fingerprint density at radius 3 is 1.17 bits per heavy atom. The summed E-state index contributed by atoms with van der Waals surface area (Å²) in [5, 5.41) is 11.4. The number of carbonyl (C=O) groups is 2. The van der Waals surface area contributed by atoms with Crippen molar-refractivity contribution in [1.29, 1.82) is 0 Å². The summed E-state index contributed by atoms with van der Waals surface area (Å²) in [6.07, 6.45) is 41.0. The fourth-order valence-corrected chi connectivity index (χ4v) is 6.15. The average molecular weight is 647 g/mol. The third kappa shape index (κ3) is 26.7. The minimum Gasteiger partial charge on any atom is -0.374 e. The summed E-state index contributed by atoms with van der Waals surface area (Å²) < 4.78 is 0. The van der Waals surface area contributed by atoms with Crippen molar-refractivity contribution in [2.45, 2.75) is 199 Å². The molecule has 0 aromatic rings. The fourth-order valence-electron chi connectivity index (χ4n) is 6.15. The molecule has 0 bridgehead atoms. The lowest BCUT2D eigenvalue weighted by molar-refractivity contribution is -0.153. The van der Waals surface area contributed by atoms with Crippen LogP contribution in [0, 0.1) is 0 Å². The molecule has 3 N–H and O–H groups in total. The smallest absolute Gasteiger partial charge is 0.193 e. The molecule has 0 aliphatic heterocycles. The van der Waals surface area contributed by atoms with Crippen LogP contribution in [-0.2, 0) is 9.59 Å². The Morgan fingerprint density at radius 2 is 0.848 bits per heavy atom. The van der Waals surface area contributed by atoms with Gasteiger partial charge in [-0.1, -0.05) is 141 Å². The number of aliphatic hydroxyl groups is 1. The van der Waals surface area contributed by atoms with Crippen molar-refractivity contribution >= 4 is 11.6 Å². The summed E-state index contributed by atoms with van der Waals surface area (Å²) in [5.41, 5.74) is 3.79. The molecule has 0 spiro atoms. The first-order valence-electron chi connectivity index (χ1n) is 19.9. The highest BCUT2D eigenvalue weighted by atomic mass is 16.3. The van der Waals surface area contributed by atoms with Crippen molar-refractivity contribution in [3.8, 4) is 0 Å². The molecule has 5 heteroatoms. The van der Waals surface area contributed by atoms with Crippen LogP contribution in [0.3, 0.4) is 0 Å². The van der Waals surface area contributed by atoms with E-state index in [4.69, 9.17) is 5.73 Å². The van der Waals surface area contributed by atoms with Gasteiger partial charge in [-0.05, 0) is 71.3 Å². The molecule has 0 heterocycles. The Bertz CT molecular complexity index is 696. The van der Waals surface area contributed by atoms with Crippen LogP contribution >= 0.6 is 0 Å². The third-order valence-corrected chi connectivity index (χ3v) is 9.26. The summed E-state index contributed by atoms with van der Waals surface area (Å²) in [6, 6.07) is 0. The number of rotatable bonds is 36. The number of likely N-dealkylation sites (N-methyl/N-ethyl adjacent to an activating group) is 1. The molecule has 0 aromatic carbocycles. The maximum absolute atomic E-state index is 13.2. The lowest BCUT2D eigenvalue weighted by Gasteiger charge is -2.30. The van der Waals surface area contributed by atoms with E-state index in [1.54, 1.807) is 0 Å². The number of hydrogen-bond acceptors (Lipinski definition) is 5. The number of nitrogens with zero attached hydrogens (tertiary/aromatic N) is 1. The molecule has 0 aliphatic rings. The molecule has 5 nitrogen and oxygen atoms in total. The van der Waals surface area contributed by atoms with Crippen LogP contribution in [0.1, 0.15) is 194 Å². The van der Waals surface area contributed by atoms with Crippen LogP contribution in [0.4, 0.5) is 0 Å². The summed E-state index contributed by atoms with van der Waals surface area (Å²) in [6.45, 7) is 5.53. The van der Waals surface area contributed by atoms with Crippen LogP contribution in [0.15, 0.2) is 24.3 Å². The largest absolute Gasteiger partial charge is 0.374 e. The molecule has 46 heavy (non-hydrogen) atoms. The SMILES string of the molecule is CCCCCCCC/C=C\CCCCCCCC(=O)C(O)(CN(C)CCN)C(=O)CCCCCCC/C=C\CCCCCCCC. The van der Waals surface area contributed by atoms with E-state index >= 15 is 0 Å². The van der Waals surface area contributed by atoms with E-state index in [0.717, 1.165) is 64.2 Å². The normalized spacial score (nSPS) is 12.3. The van der Waals surface area contributed by atoms with Crippen LogP contribution in [0.25, 0.3) is 0 Å². The third-order valence-electron chi connectivity index (χ3n) is 9.26. The lowest BCUT2D eigenvalue weighted by atomic mass is 9.86. The van der Waals surface area contributed by atoms with Crippen molar-refractivity contribution in [2.75, 3.05) is 26.7 Å². The molecule has 0 aliphatic carbocycles. The second kappa shape index (κ2) is 33.6. The molecule has 270 valence electrons. The summed E-state index contributed by atoms with van der Waals surface area (Å²) in [5.74, 6) is -0.626. The molecule has 0 saturated heterocycles. The van der Waals surface area contributed by atoms with Gasteiger partial charge in [-0.3, -0.25) is 9.59 Å². The molecule has 0 aromatic heterocycles. The van der Waals surface area contributed by atoms with E-state index in [1.807, 2.05) is 11.9 Å². The van der Waals surface area contributed by atoms with Gasteiger partial charge < -0.3 is 15.7 Å². The standard InChI is InChI=1S/C41H78N2O3/c1-4-6-8-10-12-14-16-18-20-22-24-26-28-30-32-34-39(44)41(46,38-43(3)37-36-42)40(45)35-33-31-29-27-25-23-21-19-17-15-13-11-9-7-5-2/h18-21,46H,4-17,22-38,42H2,1-3H3/b20-18-,21-19-. The van der Waals surface area contributed by atoms with Crippen LogP contribution < -0.4 is 5.73 Å². The molecule has 0 radical (unpaired) electrons. The topological polar surface area (TPSA) is 83.6 Å². The van der Waals surface area contributed by atoms with Crippen molar-refractivity contribution < 1.29 is 14.7 Å². The number of Topliss-reactive ketones (excluding diaryl/α,β-unsaturated/α-hetero) is 2. The van der Waals surface area contributed by atoms with Gasteiger partial charge in [0.1, 0.15) is 0 Å². The number of hydrogen-bond donors (Lipinski definition) is 2. The fraction of sp³-hybridized carbons (Fsp3) is 0.854. The molecule has 0 unspecified atom stereocenters. The Morgan fingerprint density at radius 1 is 0.543 bits per heavy atom. The van der Waals surface area contributed by atoms with E-state index in [9.17, 15) is 14.7 Å². The minimum atomic E-state index is -1.91. The van der Waals surface area contributed by atoms with Gasteiger partial charge >= 0.3 is 0 Å². The maximum atomic E-state index is 13.2. The highest BCUT2D eigenvalue weighted by molar-refractivity contribution is 6.10. The van der Waals surface area contributed by atoms with E-state index in [1.165, 1.54) is 103 Å². The maximum Gasteiger partial charge on any atom is 0.193 e. The Hall–Kier alpha value is -1.30. The van der Waals surface area contributed by atoms with Gasteiger partial charge in [-0.25, -0.2) is 0 Å². The zero-order valence-corrected chi connectivity index (χ0v) is 31.0. The predicted octanol–water partition coefficient (Wildman–Crippen LogP) is 10.8. The molecular weight excluding hydrogens is 568 g/mol. The zero-order valence-electron chi connectivity index (χ0n) is 31.0. The van der Waals surface area contributed by atoms with E-state index in [2.05, 4.69) is 38.2 Å². The van der Waals surface area contributed by atoms with Crippen LogP contribution in [0.5, 0.6) is 0 Å². The second-order valence-electron chi connectivity index (χ2n) is 13.9. The first kappa shape index (κ1) is 44.7. The predicted molar refractivity (Wildman–Crippen MR) is 200 cm³/mol. The number of unbranched alkanes of at least 4 members (excludes halogenated alkanes) is 22. The minimum absolute atomic E-state index is 0.0397. The van der Waals surface area contributed by atoms with Gasteiger partial charge in [0, 0.05) is 32.5 Å². The molecule has 0 fully saturated rings. The monoisotopic (exact) mass is 647 g/mol. The van der Waals surface area contributed by atoms with Crippen molar-refractivity contribution in [3.63, 3.8) is 0 Å². The number of nitrogens with two attached hydrogens (primary N) is 1. The van der Waals surface area contributed by atoms with E-state index < -0.39 is 5.60 Å². The lowest BCUT2D eigenvalue weighted by Crippen LogP contribution is -2.54. The molecule has 0 amide bonds. The van der Waals surface area contributed by atoms with Gasteiger partial charge in [-0.15, -0.1) is 0 Å². The molecule has 0 atom stereocenters. The highest BCUT2D eigenvalue weighted by Gasteiger charge is 2.42. The first-order chi connectivity index (χ1) is 22.4. The van der Waals surface area contributed by atoms with E-state index in [-0.39, 0.29) is 31.0 Å². The summed E-state index contributed by atoms with van der Waals surface area (Å²) in [7, 11) is 1.82. The number of ketones is 2. The van der Waals surface area contributed by atoms with Crippen LogP contribution in [0.2, 0.25) is 0 Å². The van der Waals surface area contributed by atoms with Crippen molar-refractivity contribution in [1.82, 2.24) is 4.90 Å². The van der Waals surface area contributed by atoms with Crippen molar-refractivity contribution in [3.05, 3.63) is 24.3 Å². The Labute approximate surface area is 286 Å². The quantitative estimate of drug-likeness (QED) is 0.0402. The summed E-state index contributed by atoms with van der Waals surface area (Å²) in [4.78, 5) is 28.2. The van der Waals surface area contributed by atoms with Gasteiger partial charge in [0.25, 0.3) is 0 Å². The zero-order chi connectivity index (χ0) is 34.0. The summed E-state index contributed by atoms with van der Waals surface area (Å²) >= 11 is 0. The second-order valence-corrected chi connectivity index (χ2v) is 13.9. The van der Waals surface area contributed by atoms with E-state index in [0.29, 0.717) is 13.1 Å². The molecule has 0 saturated carbocycles. The highest BCUT2D eigenvalue weighted by Crippen LogP contribution is 2.20. The van der Waals surface area contributed by atoms with Gasteiger partial charge in [0.15, 0.2) is 17.2 Å². The average Bonchev–Trinajstić information content (AvgIpc) is 3.04. The number of carbonyl (C=O) groups excluding carboxylic acids is 2. The van der Waals surface area contributed by atoms with Crippen LogP contribution in [-0.4, -0.2) is 53.9 Å². The Kier molecular flexibility index (Phi) is 32.6. The van der Waals surface area contributed by atoms with Gasteiger partial charge in [-0.2, -0.15) is 0 Å². The first-order valence-corrected chi connectivity index (χ1v) is 19.9. The molecular formula is C41H78N2O3. The van der Waals surface area contributed by atoms with Gasteiger partial charge in [0.2, 0.25) is 0 Å². The Balaban J connectivity index is 4.19. The molecule has 0 rings (SSSR count). The van der Waals surface area contributed by atoms with Gasteiger partial charge in [0.05, 0.1) is 0 Å². The number of allylic oxidation sites excluding steroid dienone is 4. The van der Waals surface area contributed by atoms with Crippen molar-refractivity contribution in [2.24, 2.45) is 5.73 Å².